The largest absolute Gasteiger partial charge is 0.298 e. The summed E-state index contributed by atoms with van der Waals surface area (Å²) in [7, 11) is 0. The standard InChI is InChI=1S/C21H18O/c22-16-19-11-12-20(13-17-7-3-1-4-8-17)21(15-19)14-18-9-5-2-6-10-18/h1-12,15-16H,13-14H2. The zero-order valence-electron chi connectivity index (χ0n) is 12.4. The first kappa shape index (κ1) is 14.3. The lowest BCUT2D eigenvalue weighted by atomic mass is 9.94. The first-order chi connectivity index (χ1) is 10.8. The average molecular weight is 286 g/mol. The number of hydrogen-bond acceptors (Lipinski definition) is 1. The molecule has 0 heterocycles. The Hall–Kier alpha value is -2.67. The lowest BCUT2D eigenvalue weighted by Crippen LogP contribution is -1.99. The molecule has 1 nitrogen and oxygen atoms in total. The molecule has 22 heavy (non-hydrogen) atoms. The fourth-order valence-electron chi connectivity index (χ4n) is 2.69. The summed E-state index contributed by atoms with van der Waals surface area (Å²) in [5.74, 6) is 0. The first-order valence-corrected chi connectivity index (χ1v) is 7.50. The molecule has 0 unspecified atom stereocenters. The minimum Gasteiger partial charge on any atom is -0.298 e. The Morgan fingerprint density at radius 2 is 1.18 bits per heavy atom. The molecule has 3 aromatic carbocycles. The Labute approximate surface area is 131 Å². The van der Waals surface area contributed by atoms with Gasteiger partial charge in [-0.05, 0) is 41.2 Å². The molecule has 0 saturated heterocycles. The van der Waals surface area contributed by atoms with Gasteiger partial charge in [0, 0.05) is 5.56 Å². The van der Waals surface area contributed by atoms with E-state index in [2.05, 4.69) is 54.6 Å². The van der Waals surface area contributed by atoms with E-state index in [0.29, 0.717) is 0 Å². The van der Waals surface area contributed by atoms with Crippen LogP contribution in [0.4, 0.5) is 0 Å². The van der Waals surface area contributed by atoms with E-state index in [9.17, 15) is 4.79 Å². The molecule has 0 saturated carbocycles. The average Bonchev–Trinajstić information content (AvgIpc) is 2.58. The van der Waals surface area contributed by atoms with Gasteiger partial charge in [0.2, 0.25) is 0 Å². The zero-order chi connectivity index (χ0) is 15.2. The van der Waals surface area contributed by atoms with E-state index >= 15 is 0 Å². The van der Waals surface area contributed by atoms with Crippen LogP contribution in [0.2, 0.25) is 0 Å². The van der Waals surface area contributed by atoms with Crippen LogP contribution >= 0.6 is 0 Å². The van der Waals surface area contributed by atoms with Crippen molar-refractivity contribution >= 4 is 6.29 Å². The molecule has 0 fully saturated rings. The molecule has 0 bridgehead atoms. The topological polar surface area (TPSA) is 17.1 Å². The summed E-state index contributed by atoms with van der Waals surface area (Å²) in [6.45, 7) is 0. The van der Waals surface area contributed by atoms with Crippen molar-refractivity contribution in [3.05, 3.63) is 107 Å². The molecule has 0 N–H and O–H groups in total. The van der Waals surface area contributed by atoms with Gasteiger partial charge in [0.25, 0.3) is 0 Å². The van der Waals surface area contributed by atoms with Crippen molar-refractivity contribution in [2.45, 2.75) is 12.8 Å². The number of carbonyl (C=O) groups excluding carboxylic acids is 1. The fraction of sp³-hybridized carbons (Fsp3) is 0.0952. The van der Waals surface area contributed by atoms with Gasteiger partial charge >= 0.3 is 0 Å². The third-order valence-corrected chi connectivity index (χ3v) is 3.84. The van der Waals surface area contributed by atoms with E-state index in [1.165, 1.54) is 22.3 Å². The van der Waals surface area contributed by atoms with Gasteiger partial charge in [-0.15, -0.1) is 0 Å². The number of aldehydes is 1. The van der Waals surface area contributed by atoms with E-state index in [-0.39, 0.29) is 0 Å². The van der Waals surface area contributed by atoms with Crippen LogP contribution < -0.4 is 0 Å². The highest BCUT2D eigenvalue weighted by molar-refractivity contribution is 5.75. The minimum atomic E-state index is 0.739. The molecule has 0 aliphatic carbocycles. The second-order valence-corrected chi connectivity index (χ2v) is 5.47. The molecule has 0 amide bonds. The lowest BCUT2D eigenvalue weighted by molar-refractivity contribution is 0.112. The molecule has 0 atom stereocenters. The van der Waals surface area contributed by atoms with E-state index in [1.807, 2.05) is 24.3 Å². The summed E-state index contributed by atoms with van der Waals surface area (Å²) in [5, 5.41) is 0. The predicted octanol–water partition coefficient (Wildman–Crippen LogP) is 4.68. The summed E-state index contributed by atoms with van der Waals surface area (Å²) in [6.07, 6.45) is 2.66. The molecule has 108 valence electrons. The molecule has 1 heteroatoms. The number of hydrogen-bond donors (Lipinski definition) is 0. The molecular formula is C21H18O. The highest BCUT2D eigenvalue weighted by Crippen LogP contribution is 2.19. The molecule has 0 aliphatic rings. The van der Waals surface area contributed by atoms with Crippen LogP contribution in [-0.2, 0) is 12.8 Å². The SMILES string of the molecule is O=Cc1ccc(Cc2ccccc2)c(Cc2ccccc2)c1. The summed E-state index contributed by atoms with van der Waals surface area (Å²) >= 11 is 0. The van der Waals surface area contributed by atoms with Gasteiger partial charge in [0.15, 0.2) is 0 Å². The van der Waals surface area contributed by atoms with E-state index < -0.39 is 0 Å². The van der Waals surface area contributed by atoms with Crippen molar-refractivity contribution in [1.82, 2.24) is 0 Å². The third-order valence-electron chi connectivity index (χ3n) is 3.84. The second-order valence-electron chi connectivity index (χ2n) is 5.47. The van der Waals surface area contributed by atoms with Crippen molar-refractivity contribution in [1.29, 1.82) is 0 Å². The number of rotatable bonds is 5. The molecule has 3 aromatic rings. The molecule has 0 aliphatic heterocycles. The summed E-state index contributed by atoms with van der Waals surface area (Å²) in [4.78, 5) is 11.1. The molecule has 0 aromatic heterocycles. The highest BCUT2D eigenvalue weighted by atomic mass is 16.1. The molecule has 0 radical (unpaired) electrons. The number of carbonyl (C=O) groups is 1. The van der Waals surface area contributed by atoms with Crippen molar-refractivity contribution in [3.8, 4) is 0 Å². The lowest BCUT2D eigenvalue weighted by Gasteiger charge is -2.11. The maximum atomic E-state index is 11.1. The van der Waals surface area contributed by atoms with Gasteiger partial charge in [0.1, 0.15) is 6.29 Å². The molecular weight excluding hydrogens is 268 g/mol. The van der Waals surface area contributed by atoms with Crippen LogP contribution in [0.25, 0.3) is 0 Å². The Bertz CT molecular complexity index is 745. The van der Waals surface area contributed by atoms with Crippen LogP contribution in [0.1, 0.15) is 32.6 Å². The van der Waals surface area contributed by atoms with Gasteiger partial charge in [-0.3, -0.25) is 4.79 Å². The molecule has 3 rings (SSSR count). The van der Waals surface area contributed by atoms with Crippen molar-refractivity contribution in [2.24, 2.45) is 0 Å². The van der Waals surface area contributed by atoms with Crippen molar-refractivity contribution in [3.63, 3.8) is 0 Å². The third kappa shape index (κ3) is 3.50. The quantitative estimate of drug-likeness (QED) is 0.622. The van der Waals surface area contributed by atoms with Crippen LogP contribution in [0.3, 0.4) is 0 Å². The number of benzene rings is 3. The van der Waals surface area contributed by atoms with E-state index in [0.717, 1.165) is 24.7 Å². The zero-order valence-corrected chi connectivity index (χ0v) is 12.4. The van der Waals surface area contributed by atoms with Crippen LogP contribution in [0.15, 0.2) is 78.9 Å². The Kier molecular flexibility index (Phi) is 4.45. The van der Waals surface area contributed by atoms with Crippen LogP contribution in [-0.4, -0.2) is 6.29 Å². The van der Waals surface area contributed by atoms with E-state index in [4.69, 9.17) is 0 Å². The first-order valence-electron chi connectivity index (χ1n) is 7.50. The maximum absolute atomic E-state index is 11.1. The summed E-state index contributed by atoms with van der Waals surface area (Å²) in [6, 6.07) is 26.8. The van der Waals surface area contributed by atoms with Gasteiger partial charge in [-0.25, -0.2) is 0 Å². The summed E-state index contributed by atoms with van der Waals surface area (Å²) in [5.41, 5.74) is 5.79. The van der Waals surface area contributed by atoms with Crippen molar-refractivity contribution < 1.29 is 4.79 Å². The van der Waals surface area contributed by atoms with Gasteiger partial charge in [-0.2, -0.15) is 0 Å². The van der Waals surface area contributed by atoms with E-state index in [1.54, 1.807) is 0 Å². The fourth-order valence-corrected chi connectivity index (χ4v) is 2.69. The monoisotopic (exact) mass is 286 g/mol. The molecule has 0 spiro atoms. The van der Waals surface area contributed by atoms with Gasteiger partial charge in [-0.1, -0.05) is 72.8 Å². The van der Waals surface area contributed by atoms with Crippen molar-refractivity contribution in [2.75, 3.05) is 0 Å². The van der Waals surface area contributed by atoms with Gasteiger partial charge < -0.3 is 0 Å². The maximum Gasteiger partial charge on any atom is 0.150 e. The highest BCUT2D eigenvalue weighted by Gasteiger charge is 2.06. The van der Waals surface area contributed by atoms with Crippen LogP contribution in [0.5, 0.6) is 0 Å². The van der Waals surface area contributed by atoms with Gasteiger partial charge in [0.05, 0.1) is 0 Å². The second kappa shape index (κ2) is 6.86. The normalized spacial score (nSPS) is 10.4. The Morgan fingerprint density at radius 3 is 1.73 bits per heavy atom. The smallest absolute Gasteiger partial charge is 0.150 e. The predicted molar refractivity (Wildman–Crippen MR) is 90.3 cm³/mol. The minimum absolute atomic E-state index is 0.739. The van der Waals surface area contributed by atoms with Crippen LogP contribution in [0, 0.1) is 0 Å². The Morgan fingerprint density at radius 1 is 0.636 bits per heavy atom. The Balaban J connectivity index is 1.93. The summed E-state index contributed by atoms with van der Waals surface area (Å²) < 4.78 is 0.